The molecule has 0 aliphatic carbocycles. The van der Waals surface area contributed by atoms with E-state index in [1.165, 1.54) is 25.1 Å². The molecule has 6 nitrogen and oxygen atoms in total. The zero-order chi connectivity index (χ0) is 15.3. The maximum atomic E-state index is 13.4. The molecule has 2 unspecified atom stereocenters. The van der Waals surface area contributed by atoms with Crippen LogP contribution in [0.1, 0.15) is 6.92 Å². The number of carboxylic acids is 1. The van der Waals surface area contributed by atoms with Crippen LogP contribution in [0.25, 0.3) is 0 Å². The molecule has 1 rings (SSSR count). The second kappa shape index (κ2) is 7.20. The number of hydrogen-bond donors (Lipinski definition) is 3. The van der Waals surface area contributed by atoms with E-state index in [1.807, 2.05) is 0 Å². The number of amides is 1. The van der Waals surface area contributed by atoms with Gasteiger partial charge in [-0.15, -0.1) is 0 Å². The van der Waals surface area contributed by atoms with Gasteiger partial charge >= 0.3 is 5.97 Å². The molecular formula is C12H13BrFNO5. The van der Waals surface area contributed by atoms with E-state index in [-0.39, 0.29) is 5.75 Å². The fourth-order valence-corrected chi connectivity index (χ4v) is 1.67. The molecule has 1 amide bonds. The SMILES string of the molecule is CC(O)C(NC(=O)COc1ccc(Br)cc1F)C(=O)O. The summed E-state index contributed by atoms with van der Waals surface area (Å²) in [6.07, 6.45) is -1.26. The Balaban J connectivity index is 2.57. The van der Waals surface area contributed by atoms with Crippen LogP contribution in [0, 0.1) is 5.82 Å². The summed E-state index contributed by atoms with van der Waals surface area (Å²) in [5.41, 5.74) is 0. The molecule has 0 bridgehead atoms. The summed E-state index contributed by atoms with van der Waals surface area (Å²) >= 11 is 3.07. The van der Waals surface area contributed by atoms with Crippen LogP contribution < -0.4 is 10.1 Å². The third kappa shape index (κ3) is 4.78. The number of aliphatic hydroxyl groups is 1. The molecule has 0 fully saturated rings. The molecule has 0 saturated carbocycles. The molecule has 20 heavy (non-hydrogen) atoms. The predicted octanol–water partition coefficient (Wildman–Crippen LogP) is 0.917. The Morgan fingerprint density at radius 2 is 2.15 bits per heavy atom. The summed E-state index contributed by atoms with van der Waals surface area (Å²) in [6, 6.07) is 2.59. The van der Waals surface area contributed by atoms with Crippen molar-refractivity contribution < 1.29 is 28.9 Å². The zero-order valence-electron chi connectivity index (χ0n) is 10.5. The van der Waals surface area contributed by atoms with Crippen molar-refractivity contribution in [3.63, 3.8) is 0 Å². The molecule has 0 spiro atoms. The first-order valence-corrected chi connectivity index (χ1v) is 6.38. The smallest absolute Gasteiger partial charge is 0.328 e. The van der Waals surface area contributed by atoms with Crippen molar-refractivity contribution in [2.45, 2.75) is 19.1 Å². The number of rotatable bonds is 6. The molecular weight excluding hydrogens is 337 g/mol. The largest absolute Gasteiger partial charge is 0.481 e. The normalized spacial score (nSPS) is 13.4. The third-order valence-electron chi connectivity index (χ3n) is 2.32. The van der Waals surface area contributed by atoms with Gasteiger partial charge in [0.25, 0.3) is 5.91 Å². The lowest BCUT2D eigenvalue weighted by Gasteiger charge is -2.17. The van der Waals surface area contributed by atoms with E-state index in [4.69, 9.17) is 9.84 Å². The molecule has 0 heterocycles. The molecule has 0 aliphatic heterocycles. The van der Waals surface area contributed by atoms with Crippen molar-refractivity contribution in [3.05, 3.63) is 28.5 Å². The minimum Gasteiger partial charge on any atom is -0.481 e. The number of aliphatic hydroxyl groups excluding tert-OH is 1. The highest BCUT2D eigenvalue weighted by Gasteiger charge is 2.25. The van der Waals surface area contributed by atoms with E-state index in [0.29, 0.717) is 4.47 Å². The standard InChI is InChI=1S/C12H13BrFNO5/c1-6(16)11(12(18)19)15-10(17)5-20-9-3-2-7(13)4-8(9)14/h2-4,6,11,16H,5H2,1H3,(H,15,17)(H,18,19). The van der Waals surface area contributed by atoms with E-state index in [1.54, 1.807) is 0 Å². The topological polar surface area (TPSA) is 95.9 Å². The number of carbonyl (C=O) groups excluding carboxylic acids is 1. The highest BCUT2D eigenvalue weighted by molar-refractivity contribution is 9.10. The van der Waals surface area contributed by atoms with Crippen molar-refractivity contribution in [1.82, 2.24) is 5.32 Å². The van der Waals surface area contributed by atoms with E-state index in [0.717, 1.165) is 0 Å². The molecule has 3 N–H and O–H groups in total. The lowest BCUT2D eigenvalue weighted by molar-refractivity contribution is -0.145. The molecule has 110 valence electrons. The van der Waals surface area contributed by atoms with Crippen LogP contribution in [0.5, 0.6) is 5.75 Å². The van der Waals surface area contributed by atoms with Crippen molar-refractivity contribution in [1.29, 1.82) is 0 Å². The molecule has 0 aromatic heterocycles. The summed E-state index contributed by atoms with van der Waals surface area (Å²) in [5, 5.41) is 20.0. The van der Waals surface area contributed by atoms with Gasteiger partial charge in [0.2, 0.25) is 0 Å². The fourth-order valence-electron chi connectivity index (χ4n) is 1.34. The number of benzene rings is 1. The van der Waals surface area contributed by atoms with E-state index >= 15 is 0 Å². The minimum atomic E-state index is -1.44. The van der Waals surface area contributed by atoms with Crippen molar-refractivity contribution in [2.75, 3.05) is 6.61 Å². The van der Waals surface area contributed by atoms with Gasteiger partial charge in [-0.1, -0.05) is 15.9 Å². The second-order valence-corrected chi connectivity index (χ2v) is 4.90. The van der Waals surface area contributed by atoms with Gasteiger partial charge in [-0.05, 0) is 25.1 Å². The maximum Gasteiger partial charge on any atom is 0.328 e. The first-order valence-electron chi connectivity index (χ1n) is 5.59. The van der Waals surface area contributed by atoms with Gasteiger partial charge in [0.1, 0.15) is 0 Å². The number of carbonyl (C=O) groups is 2. The van der Waals surface area contributed by atoms with Gasteiger partial charge in [0.15, 0.2) is 24.2 Å². The fraction of sp³-hybridized carbons (Fsp3) is 0.333. The highest BCUT2D eigenvalue weighted by Crippen LogP contribution is 2.21. The minimum absolute atomic E-state index is 0.132. The van der Waals surface area contributed by atoms with Crippen LogP contribution >= 0.6 is 15.9 Å². The summed E-state index contributed by atoms with van der Waals surface area (Å²) in [6.45, 7) is 0.670. The number of ether oxygens (including phenoxy) is 1. The average molecular weight is 350 g/mol. The van der Waals surface area contributed by atoms with Crippen LogP contribution in [0.15, 0.2) is 22.7 Å². The maximum absolute atomic E-state index is 13.4. The van der Waals surface area contributed by atoms with Crippen LogP contribution in [0.3, 0.4) is 0 Å². The van der Waals surface area contributed by atoms with Gasteiger partial charge in [-0.3, -0.25) is 4.79 Å². The number of hydrogen-bond acceptors (Lipinski definition) is 4. The molecule has 8 heteroatoms. The summed E-state index contributed by atoms with van der Waals surface area (Å²) in [7, 11) is 0. The molecule has 1 aromatic rings. The van der Waals surface area contributed by atoms with Crippen molar-refractivity contribution >= 4 is 27.8 Å². The van der Waals surface area contributed by atoms with E-state index in [9.17, 15) is 19.1 Å². The summed E-state index contributed by atoms with van der Waals surface area (Å²) < 4.78 is 18.9. The van der Waals surface area contributed by atoms with Crippen LogP contribution in [0.4, 0.5) is 4.39 Å². The highest BCUT2D eigenvalue weighted by atomic mass is 79.9. The molecule has 1 aromatic carbocycles. The molecule has 0 radical (unpaired) electrons. The summed E-state index contributed by atoms with van der Waals surface area (Å²) in [4.78, 5) is 22.2. The molecule has 0 saturated heterocycles. The van der Waals surface area contributed by atoms with E-state index < -0.39 is 36.4 Å². The average Bonchev–Trinajstić information content (AvgIpc) is 2.34. The van der Waals surface area contributed by atoms with Gasteiger partial charge < -0.3 is 20.3 Å². The van der Waals surface area contributed by atoms with Crippen molar-refractivity contribution in [3.8, 4) is 5.75 Å². The Labute approximate surface area is 122 Å². The zero-order valence-corrected chi connectivity index (χ0v) is 12.1. The first-order chi connectivity index (χ1) is 9.31. The number of carboxylic acid groups (broad SMARTS) is 1. The van der Waals surface area contributed by atoms with Gasteiger partial charge in [0, 0.05) is 4.47 Å². The third-order valence-corrected chi connectivity index (χ3v) is 2.81. The number of halogens is 2. The van der Waals surface area contributed by atoms with Gasteiger partial charge in [-0.2, -0.15) is 0 Å². The van der Waals surface area contributed by atoms with Crippen LogP contribution in [-0.2, 0) is 9.59 Å². The Morgan fingerprint density at radius 1 is 1.50 bits per heavy atom. The first kappa shape index (κ1) is 16.4. The Bertz CT molecular complexity index is 509. The number of aliphatic carboxylic acids is 1. The lowest BCUT2D eigenvalue weighted by atomic mass is 10.2. The van der Waals surface area contributed by atoms with Crippen LogP contribution in [-0.4, -0.2) is 40.8 Å². The number of nitrogens with one attached hydrogen (secondary N) is 1. The molecule has 0 aliphatic rings. The summed E-state index contributed by atoms with van der Waals surface area (Å²) in [5.74, 6) is -2.94. The predicted molar refractivity (Wildman–Crippen MR) is 70.8 cm³/mol. The monoisotopic (exact) mass is 349 g/mol. The van der Waals surface area contributed by atoms with Crippen LogP contribution in [0.2, 0.25) is 0 Å². The quantitative estimate of drug-likeness (QED) is 0.709. The lowest BCUT2D eigenvalue weighted by Crippen LogP contribution is -2.49. The van der Waals surface area contributed by atoms with Gasteiger partial charge in [0.05, 0.1) is 6.10 Å². The Hall–Kier alpha value is -1.67. The van der Waals surface area contributed by atoms with Gasteiger partial charge in [-0.25, -0.2) is 9.18 Å². The van der Waals surface area contributed by atoms with Crippen molar-refractivity contribution in [2.24, 2.45) is 0 Å². The van der Waals surface area contributed by atoms with E-state index in [2.05, 4.69) is 21.2 Å². The molecule has 2 atom stereocenters. The Kier molecular flexibility index (Phi) is 5.90. The Morgan fingerprint density at radius 3 is 2.65 bits per heavy atom. The second-order valence-electron chi connectivity index (χ2n) is 3.99.